The number of amides is 1. The molecule has 0 aliphatic carbocycles. The summed E-state index contributed by atoms with van der Waals surface area (Å²) in [5.41, 5.74) is 2.84. The molecule has 10 nitrogen and oxygen atoms in total. The summed E-state index contributed by atoms with van der Waals surface area (Å²) >= 11 is 0. The lowest BCUT2D eigenvalue weighted by Gasteiger charge is -1.96. The van der Waals surface area contributed by atoms with Gasteiger partial charge in [-0.2, -0.15) is 9.78 Å². The standard InChI is InChI=1S/C10H9N7O3/c18-9(6-16-7-12-10(15-16)17(19)20)14-13-5-8-3-1-2-4-11-8/h1-5,7H,6H2,(H,14,18)/b13-5-. The number of carbonyl (C=O) groups is 1. The van der Waals surface area contributed by atoms with Crippen LogP contribution in [0.1, 0.15) is 5.69 Å². The number of hydrogen-bond donors (Lipinski definition) is 1. The van der Waals surface area contributed by atoms with E-state index >= 15 is 0 Å². The molecule has 2 heterocycles. The lowest BCUT2D eigenvalue weighted by atomic mass is 10.4. The first-order valence-corrected chi connectivity index (χ1v) is 5.42. The van der Waals surface area contributed by atoms with Gasteiger partial charge in [-0.15, -0.1) is 0 Å². The molecule has 0 spiro atoms. The summed E-state index contributed by atoms with van der Waals surface area (Å²) in [6.45, 7) is -0.222. The van der Waals surface area contributed by atoms with Crippen molar-refractivity contribution >= 4 is 18.1 Å². The first kappa shape index (κ1) is 13.3. The zero-order valence-corrected chi connectivity index (χ0v) is 10.1. The number of nitro groups is 1. The van der Waals surface area contributed by atoms with E-state index in [9.17, 15) is 14.9 Å². The molecule has 0 saturated heterocycles. The summed E-state index contributed by atoms with van der Waals surface area (Å²) in [6, 6.07) is 5.26. The molecule has 10 heteroatoms. The highest BCUT2D eigenvalue weighted by Crippen LogP contribution is 1.99. The van der Waals surface area contributed by atoms with Gasteiger partial charge in [-0.25, -0.2) is 5.43 Å². The topological polar surface area (TPSA) is 128 Å². The van der Waals surface area contributed by atoms with Crippen LogP contribution in [0.4, 0.5) is 5.95 Å². The summed E-state index contributed by atoms with van der Waals surface area (Å²) in [4.78, 5) is 28.5. The molecule has 0 aliphatic rings. The number of nitrogens with one attached hydrogen (secondary N) is 1. The van der Waals surface area contributed by atoms with Crippen LogP contribution in [0, 0.1) is 10.1 Å². The summed E-state index contributed by atoms with van der Waals surface area (Å²) < 4.78 is 1.05. The van der Waals surface area contributed by atoms with E-state index in [4.69, 9.17) is 0 Å². The number of aromatic nitrogens is 4. The van der Waals surface area contributed by atoms with Crippen LogP contribution in [0.3, 0.4) is 0 Å². The largest absolute Gasteiger partial charge is 0.490 e. The fourth-order valence-electron chi connectivity index (χ4n) is 1.25. The van der Waals surface area contributed by atoms with E-state index in [-0.39, 0.29) is 6.54 Å². The van der Waals surface area contributed by atoms with Crippen LogP contribution in [-0.4, -0.2) is 36.8 Å². The molecule has 1 N–H and O–H groups in total. The Bertz CT molecular complexity index is 637. The van der Waals surface area contributed by atoms with Gasteiger partial charge in [-0.1, -0.05) is 11.1 Å². The zero-order valence-electron chi connectivity index (χ0n) is 10.1. The van der Waals surface area contributed by atoms with Gasteiger partial charge in [0, 0.05) is 11.3 Å². The quantitative estimate of drug-likeness (QED) is 0.454. The van der Waals surface area contributed by atoms with Crippen LogP contribution < -0.4 is 5.43 Å². The van der Waals surface area contributed by atoms with Crippen molar-refractivity contribution in [1.82, 2.24) is 25.2 Å². The molecule has 1 amide bonds. The fourth-order valence-corrected chi connectivity index (χ4v) is 1.25. The van der Waals surface area contributed by atoms with Crippen molar-refractivity contribution in [2.75, 3.05) is 0 Å². The smallest absolute Gasteiger partial charge is 0.390 e. The average molecular weight is 275 g/mol. The Kier molecular flexibility index (Phi) is 4.07. The Labute approximate surface area is 112 Å². The Morgan fingerprint density at radius 2 is 2.35 bits per heavy atom. The van der Waals surface area contributed by atoms with E-state index in [1.54, 1.807) is 24.4 Å². The minimum atomic E-state index is -0.742. The lowest BCUT2D eigenvalue weighted by molar-refractivity contribution is -0.394. The van der Waals surface area contributed by atoms with E-state index in [1.807, 2.05) is 0 Å². The molecule has 102 valence electrons. The third kappa shape index (κ3) is 3.66. The molecule has 20 heavy (non-hydrogen) atoms. The minimum Gasteiger partial charge on any atom is -0.390 e. The molecule has 0 unspecified atom stereocenters. The molecule has 0 aromatic carbocycles. The van der Waals surface area contributed by atoms with Crippen molar-refractivity contribution in [1.29, 1.82) is 0 Å². The van der Waals surface area contributed by atoms with Gasteiger partial charge in [0.1, 0.15) is 6.54 Å². The summed E-state index contributed by atoms with van der Waals surface area (Å²) in [7, 11) is 0. The van der Waals surface area contributed by atoms with E-state index in [1.165, 1.54) is 6.21 Å². The van der Waals surface area contributed by atoms with Gasteiger partial charge in [0.05, 0.1) is 11.9 Å². The molecule has 0 fully saturated rings. The maximum atomic E-state index is 11.5. The predicted molar refractivity (Wildman–Crippen MR) is 66.7 cm³/mol. The Morgan fingerprint density at radius 3 is 3.00 bits per heavy atom. The van der Waals surface area contributed by atoms with Crippen LogP contribution in [0.15, 0.2) is 35.8 Å². The highest BCUT2D eigenvalue weighted by Gasteiger charge is 2.14. The fraction of sp³-hybridized carbons (Fsp3) is 0.100. The molecule has 0 bridgehead atoms. The number of rotatable bonds is 5. The second-order valence-corrected chi connectivity index (χ2v) is 3.55. The summed E-state index contributed by atoms with van der Waals surface area (Å²) in [5.74, 6) is -1.05. The van der Waals surface area contributed by atoms with Crippen LogP contribution in [-0.2, 0) is 11.3 Å². The van der Waals surface area contributed by atoms with Crippen LogP contribution in [0.2, 0.25) is 0 Å². The Hall–Kier alpha value is -3.17. The summed E-state index contributed by atoms with van der Waals surface area (Å²) in [5, 5.41) is 17.6. The van der Waals surface area contributed by atoms with Crippen molar-refractivity contribution in [3.8, 4) is 0 Å². The second kappa shape index (κ2) is 6.13. The second-order valence-electron chi connectivity index (χ2n) is 3.55. The first-order valence-electron chi connectivity index (χ1n) is 5.42. The number of carbonyl (C=O) groups excluding carboxylic acids is 1. The number of hydrogen-bond acceptors (Lipinski definition) is 7. The zero-order chi connectivity index (χ0) is 14.4. The number of nitrogens with zero attached hydrogens (tertiary/aromatic N) is 6. The van der Waals surface area contributed by atoms with Crippen molar-refractivity contribution in [3.63, 3.8) is 0 Å². The molecular weight excluding hydrogens is 266 g/mol. The van der Waals surface area contributed by atoms with Crippen molar-refractivity contribution < 1.29 is 9.72 Å². The highest BCUT2D eigenvalue weighted by molar-refractivity contribution is 5.80. The van der Waals surface area contributed by atoms with Crippen molar-refractivity contribution in [2.24, 2.45) is 5.10 Å². The Balaban J connectivity index is 1.86. The molecule has 0 radical (unpaired) electrons. The number of hydrazone groups is 1. The maximum absolute atomic E-state index is 11.5. The molecule has 2 aromatic heterocycles. The lowest BCUT2D eigenvalue weighted by Crippen LogP contribution is -2.23. The van der Waals surface area contributed by atoms with E-state index in [0.29, 0.717) is 5.69 Å². The van der Waals surface area contributed by atoms with Gasteiger partial charge in [0.15, 0.2) is 0 Å². The Morgan fingerprint density at radius 1 is 1.50 bits per heavy atom. The van der Waals surface area contributed by atoms with Gasteiger partial charge in [-0.3, -0.25) is 9.78 Å². The normalized spacial score (nSPS) is 10.6. The molecule has 0 aliphatic heterocycles. The maximum Gasteiger partial charge on any atom is 0.490 e. The van der Waals surface area contributed by atoms with Gasteiger partial charge >= 0.3 is 5.95 Å². The summed E-state index contributed by atoms with van der Waals surface area (Å²) in [6.07, 6.45) is 4.07. The van der Waals surface area contributed by atoms with Crippen molar-refractivity contribution in [2.45, 2.75) is 6.54 Å². The van der Waals surface area contributed by atoms with Crippen LogP contribution in [0.25, 0.3) is 0 Å². The van der Waals surface area contributed by atoms with Gasteiger partial charge in [-0.05, 0) is 17.1 Å². The van der Waals surface area contributed by atoms with E-state index in [2.05, 4.69) is 25.6 Å². The van der Waals surface area contributed by atoms with Gasteiger partial charge in [0.25, 0.3) is 5.91 Å². The van der Waals surface area contributed by atoms with Crippen LogP contribution >= 0.6 is 0 Å². The number of pyridine rings is 1. The molecule has 0 saturated carbocycles. The molecule has 2 aromatic rings. The molecular formula is C10H9N7O3. The van der Waals surface area contributed by atoms with Crippen molar-refractivity contribution in [3.05, 3.63) is 46.5 Å². The highest BCUT2D eigenvalue weighted by atomic mass is 16.6. The van der Waals surface area contributed by atoms with Crippen LogP contribution in [0.5, 0.6) is 0 Å². The van der Waals surface area contributed by atoms with Gasteiger partial charge in [0.2, 0.25) is 6.33 Å². The minimum absolute atomic E-state index is 0.222. The SMILES string of the molecule is O=C(Cn1cnc([N+](=O)[O-])n1)N/N=C\c1ccccn1. The third-order valence-electron chi connectivity index (χ3n) is 2.07. The molecule has 2 rings (SSSR count). The molecule has 0 atom stereocenters. The average Bonchev–Trinajstić information content (AvgIpc) is 2.88. The van der Waals surface area contributed by atoms with Gasteiger partial charge < -0.3 is 10.1 Å². The van der Waals surface area contributed by atoms with E-state index in [0.717, 1.165) is 11.0 Å². The predicted octanol–water partition coefficient (Wildman–Crippen LogP) is -0.268. The first-order chi connectivity index (χ1) is 9.65. The van der Waals surface area contributed by atoms with E-state index < -0.39 is 16.8 Å². The monoisotopic (exact) mass is 275 g/mol. The third-order valence-corrected chi connectivity index (χ3v) is 2.07.